The highest BCUT2D eigenvalue weighted by molar-refractivity contribution is 7.13. The second kappa shape index (κ2) is 5.35. The van der Waals surface area contributed by atoms with Crippen molar-refractivity contribution in [2.24, 2.45) is 0 Å². The Morgan fingerprint density at radius 3 is 2.72 bits per heavy atom. The van der Waals surface area contributed by atoms with Crippen molar-refractivity contribution in [2.45, 2.75) is 32.7 Å². The Morgan fingerprint density at radius 2 is 2.22 bits per heavy atom. The number of aromatic nitrogens is 2. The van der Waals surface area contributed by atoms with E-state index in [4.69, 9.17) is 0 Å². The second-order valence-electron chi connectivity index (χ2n) is 4.12. The first-order valence-electron chi connectivity index (χ1n) is 6.03. The number of hydrogen-bond donors (Lipinski definition) is 1. The molecule has 1 N–H and O–H groups in total. The van der Waals surface area contributed by atoms with E-state index < -0.39 is 5.97 Å². The van der Waals surface area contributed by atoms with Gasteiger partial charge in [-0.2, -0.15) is 5.10 Å². The smallest absolute Gasteiger partial charge is 0.339 e. The van der Waals surface area contributed by atoms with E-state index in [9.17, 15) is 9.90 Å². The van der Waals surface area contributed by atoms with E-state index in [-0.39, 0.29) is 11.6 Å². The average molecular weight is 264 g/mol. The first-order valence-corrected chi connectivity index (χ1v) is 6.91. The summed E-state index contributed by atoms with van der Waals surface area (Å²) in [5.74, 6) is -0.921. The normalized spacial score (nSPS) is 11.1. The average Bonchev–Trinajstić information content (AvgIpc) is 2.98. The van der Waals surface area contributed by atoms with Crippen molar-refractivity contribution in [3.63, 3.8) is 0 Å². The third kappa shape index (κ3) is 2.31. The Kier molecular flexibility index (Phi) is 3.81. The number of thiophene rings is 1. The summed E-state index contributed by atoms with van der Waals surface area (Å²) in [7, 11) is 0. The van der Waals surface area contributed by atoms with E-state index in [0.29, 0.717) is 5.69 Å². The molecule has 0 saturated carbocycles. The Morgan fingerprint density at radius 1 is 1.50 bits per heavy atom. The minimum atomic E-state index is -0.921. The summed E-state index contributed by atoms with van der Waals surface area (Å²) in [4.78, 5) is 12.2. The van der Waals surface area contributed by atoms with Gasteiger partial charge in [-0.25, -0.2) is 4.79 Å². The number of nitrogens with zero attached hydrogens (tertiary/aromatic N) is 2. The van der Waals surface area contributed by atoms with Gasteiger partial charge in [0, 0.05) is 6.20 Å². The first-order chi connectivity index (χ1) is 8.67. The van der Waals surface area contributed by atoms with Crippen LogP contribution >= 0.6 is 11.3 Å². The SMILES string of the molecule is CCC(CC)n1cc(C(=O)O)c(-c2cccs2)n1. The molecule has 2 rings (SSSR count). The lowest BCUT2D eigenvalue weighted by molar-refractivity contribution is 0.0697. The van der Waals surface area contributed by atoms with E-state index in [0.717, 1.165) is 17.7 Å². The third-order valence-corrected chi connectivity index (χ3v) is 3.91. The van der Waals surface area contributed by atoms with Gasteiger partial charge in [0.15, 0.2) is 0 Å². The Bertz CT molecular complexity index is 527. The van der Waals surface area contributed by atoms with Gasteiger partial charge in [0.2, 0.25) is 0 Å². The number of carboxylic acids is 1. The quantitative estimate of drug-likeness (QED) is 0.896. The van der Waals surface area contributed by atoms with Gasteiger partial charge in [-0.15, -0.1) is 11.3 Å². The van der Waals surface area contributed by atoms with Crippen molar-refractivity contribution >= 4 is 17.3 Å². The molecule has 0 spiro atoms. The maximum absolute atomic E-state index is 11.3. The molecule has 18 heavy (non-hydrogen) atoms. The lowest BCUT2D eigenvalue weighted by Gasteiger charge is -2.12. The summed E-state index contributed by atoms with van der Waals surface area (Å²) >= 11 is 1.51. The summed E-state index contributed by atoms with van der Waals surface area (Å²) in [5.41, 5.74) is 0.855. The Labute approximate surface area is 110 Å². The van der Waals surface area contributed by atoms with Gasteiger partial charge in [-0.1, -0.05) is 19.9 Å². The first kappa shape index (κ1) is 12.8. The monoisotopic (exact) mass is 264 g/mol. The molecule has 0 bridgehead atoms. The van der Waals surface area contributed by atoms with Crippen LogP contribution < -0.4 is 0 Å². The molecule has 0 atom stereocenters. The number of aromatic carboxylic acids is 1. The predicted molar refractivity (Wildman–Crippen MR) is 72.1 cm³/mol. The fourth-order valence-electron chi connectivity index (χ4n) is 1.99. The van der Waals surface area contributed by atoms with E-state index in [2.05, 4.69) is 18.9 Å². The van der Waals surface area contributed by atoms with Crippen LogP contribution in [0.25, 0.3) is 10.6 Å². The number of rotatable bonds is 5. The van der Waals surface area contributed by atoms with E-state index in [1.54, 1.807) is 10.9 Å². The number of carbonyl (C=O) groups is 1. The maximum atomic E-state index is 11.3. The summed E-state index contributed by atoms with van der Waals surface area (Å²) in [6.07, 6.45) is 3.54. The molecule has 0 fully saturated rings. The Balaban J connectivity index is 2.48. The summed E-state index contributed by atoms with van der Waals surface area (Å²) in [6.45, 7) is 4.17. The molecule has 0 unspecified atom stereocenters. The lowest BCUT2D eigenvalue weighted by Crippen LogP contribution is -2.07. The van der Waals surface area contributed by atoms with Crippen molar-refractivity contribution in [2.75, 3.05) is 0 Å². The zero-order chi connectivity index (χ0) is 13.1. The minimum Gasteiger partial charge on any atom is -0.478 e. The van der Waals surface area contributed by atoms with Crippen molar-refractivity contribution < 1.29 is 9.90 Å². The van der Waals surface area contributed by atoms with Gasteiger partial charge in [0.1, 0.15) is 11.3 Å². The molecule has 0 aromatic carbocycles. The van der Waals surface area contributed by atoms with Crippen LogP contribution in [-0.2, 0) is 0 Å². The van der Waals surface area contributed by atoms with Crippen LogP contribution in [0.15, 0.2) is 23.7 Å². The van der Waals surface area contributed by atoms with E-state index in [1.807, 2.05) is 17.5 Å². The molecule has 4 nitrogen and oxygen atoms in total. The highest BCUT2D eigenvalue weighted by Crippen LogP contribution is 2.28. The van der Waals surface area contributed by atoms with Crippen LogP contribution in [0, 0.1) is 0 Å². The predicted octanol–water partition coefficient (Wildman–Crippen LogP) is 3.67. The summed E-state index contributed by atoms with van der Waals surface area (Å²) < 4.78 is 1.79. The fraction of sp³-hybridized carbons (Fsp3) is 0.385. The Hall–Kier alpha value is -1.62. The highest BCUT2D eigenvalue weighted by Gasteiger charge is 2.20. The van der Waals surface area contributed by atoms with Crippen LogP contribution in [-0.4, -0.2) is 20.9 Å². The zero-order valence-electron chi connectivity index (χ0n) is 10.5. The summed E-state index contributed by atoms with van der Waals surface area (Å²) in [5, 5.41) is 15.6. The van der Waals surface area contributed by atoms with Crippen LogP contribution in [0.5, 0.6) is 0 Å². The molecule has 96 valence electrons. The van der Waals surface area contributed by atoms with Crippen LogP contribution in [0.1, 0.15) is 43.1 Å². The van der Waals surface area contributed by atoms with Gasteiger partial charge in [-0.05, 0) is 24.3 Å². The zero-order valence-corrected chi connectivity index (χ0v) is 11.3. The molecule has 2 aromatic rings. The largest absolute Gasteiger partial charge is 0.478 e. The van der Waals surface area contributed by atoms with Crippen LogP contribution in [0.3, 0.4) is 0 Å². The summed E-state index contributed by atoms with van der Waals surface area (Å²) in [6, 6.07) is 4.06. The van der Waals surface area contributed by atoms with Crippen molar-refractivity contribution in [3.05, 3.63) is 29.3 Å². The molecule has 0 aliphatic rings. The highest BCUT2D eigenvalue weighted by atomic mass is 32.1. The molecule has 0 saturated heterocycles. The molecule has 2 aromatic heterocycles. The fourth-order valence-corrected chi connectivity index (χ4v) is 2.72. The number of carboxylic acid groups (broad SMARTS) is 1. The molecule has 0 aliphatic carbocycles. The minimum absolute atomic E-state index is 0.261. The molecular weight excluding hydrogens is 248 g/mol. The second-order valence-corrected chi connectivity index (χ2v) is 5.07. The third-order valence-electron chi connectivity index (χ3n) is 3.03. The van der Waals surface area contributed by atoms with Gasteiger partial charge in [-0.3, -0.25) is 4.68 Å². The van der Waals surface area contributed by atoms with Crippen molar-refractivity contribution in [1.82, 2.24) is 9.78 Å². The van der Waals surface area contributed by atoms with Gasteiger partial charge < -0.3 is 5.11 Å². The lowest BCUT2D eigenvalue weighted by atomic mass is 10.2. The molecule has 0 amide bonds. The van der Waals surface area contributed by atoms with Gasteiger partial charge in [0.25, 0.3) is 0 Å². The molecule has 2 heterocycles. The topological polar surface area (TPSA) is 55.1 Å². The maximum Gasteiger partial charge on any atom is 0.339 e. The molecule has 0 aliphatic heterocycles. The number of hydrogen-bond acceptors (Lipinski definition) is 3. The molecule has 0 radical (unpaired) electrons. The standard InChI is InChI=1S/C13H16N2O2S/c1-3-9(4-2)15-8-10(13(16)17)12(14-15)11-6-5-7-18-11/h5-9H,3-4H2,1-2H3,(H,16,17). The van der Waals surface area contributed by atoms with Crippen LogP contribution in [0.2, 0.25) is 0 Å². The van der Waals surface area contributed by atoms with Gasteiger partial charge >= 0.3 is 5.97 Å². The molecule has 5 heteroatoms. The van der Waals surface area contributed by atoms with Crippen molar-refractivity contribution in [1.29, 1.82) is 0 Å². The van der Waals surface area contributed by atoms with Gasteiger partial charge in [0.05, 0.1) is 10.9 Å². The molecular formula is C13H16N2O2S. The van der Waals surface area contributed by atoms with E-state index >= 15 is 0 Å². The van der Waals surface area contributed by atoms with Crippen molar-refractivity contribution in [3.8, 4) is 10.6 Å². The van der Waals surface area contributed by atoms with E-state index in [1.165, 1.54) is 11.3 Å². The van der Waals surface area contributed by atoms with Crippen LogP contribution in [0.4, 0.5) is 0 Å².